The third-order valence-corrected chi connectivity index (χ3v) is 4.21. The van der Waals surface area contributed by atoms with Crippen molar-refractivity contribution in [2.24, 2.45) is 11.8 Å². The van der Waals surface area contributed by atoms with Gasteiger partial charge >= 0.3 is 0 Å². The molecule has 2 unspecified atom stereocenters. The van der Waals surface area contributed by atoms with Crippen LogP contribution < -0.4 is 0 Å². The highest BCUT2D eigenvalue weighted by atomic mass is 16.5. The van der Waals surface area contributed by atoms with Crippen LogP contribution in [0.4, 0.5) is 0 Å². The molecular formula is C15H24N2O2. The first-order valence-electron chi connectivity index (χ1n) is 7.31. The molecule has 1 fully saturated rings. The van der Waals surface area contributed by atoms with Crippen molar-refractivity contribution in [3.8, 4) is 0 Å². The number of aromatic nitrogens is 2. The highest BCUT2D eigenvalue weighted by Crippen LogP contribution is 2.32. The SMILES string of the molecule is CCC1CCCC(C(=O)c2ccnn2CCOC)C1. The highest BCUT2D eigenvalue weighted by Gasteiger charge is 2.28. The molecule has 1 saturated carbocycles. The predicted octanol–water partition coefficient (Wildman–Crippen LogP) is 2.93. The van der Waals surface area contributed by atoms with Crippen molar-refractivity contribution in [3.63, 3.8) is 0 Å². The van der Waals surface area contributed by atoms with Crippen LogP contribution in [0.25, 0.3) is 0 Å². The Bertz CT molecular complexity index is 414. The quantitative estimate of drug-likeness (QED) is 0.742. The van der Waals surface area contributed by atoms with Crippen molar-refractivity contribution in [1.82, 2.24) is 9.78 Å². The van der Waals surface area contributed by atoms with E-state index in [2.05, 4.69) is 12.0 Å². The maximum absolute atomic E-state index is 12.6. The van der Waals surface area contributed by atoms with Gasteiger partial charge in [-0.1, -0.05) is 26.2 Å². The number of carbonyl (C=O) groups excluding carboxylic acids is 1. The number of ether oxygens (including phenoxy) is 1. The number of hydrogen-bond acceptors (Lipinski definition) is 3. The number of carbonyl (C=O) groups is 1. The first-order valence-corrected chi connectivity index (χ1v) is 7.31. The average Bonchev–Trinajstić information content (AvgIpc) is 2.92. The Morgan fingerprint density at radius 3 is 3.11 bits per heavy atom. The Kier molecular flexibility index (Phi) is 5.14. The Balaban J connectivity index is 2.04. The van der Waals surface area contributed by atoms with Crippen molar-refractivity contribution in [1.29, 1.82) is 0 Å². The molecule has 4 heteroatoms. The van der Waals surface area contributed by atoms with Crippen molar-refractivity contribution >= 4 is 5.78 Å². The molecule has 0 radical (unpaired) electrons. The molecule has 0 spiro atoms. The third kappa shape index (κ3) is 3.44. The van der Waals surface area contributed by atoms with Crippen molar-refractivity contribution in [3.05, 3.63) is 18.0 Å². The van der Waals surface area contributed by atoms with E-state index in [1.54, 1.807) is 18.0 Å². The van der Waals surface area contributed by atoms with Crippen LogP contribution >= 0.6 is 0 Å². The van der Waals surface area contributed by atoms with E-state index >= 15 is 0 Å². The summed E-state index contributed by atoms with van der Waals surface area (Å²) in [5.74, 6) is 1.18. The van der Waals surface area contributed by atoms with Gasteiger partial charge in [-0.3, -0.25) is 9.48 Å². The normalized spacial score (nSPS) is 23.5. The van der Waals surface area contributed by atoms with Crippen LogP contribution in [0.15, 0.2) is 12.3 Å². The van der Waals surface area contributed by atoms with E-state index in [9.17, 15) is 4.79 Å². The molecule has 0 aromatic carbocycles. The minimum atomic E-state index is 0.191. The molecule has 0 bridgehead atoms. The van der Waals surface area contributed by atoms with Gasteiger partial charge in [0, 0.05) is 19.2 Å². The fraction of sp³-hybridized carbons (Fsp3) is 0.733. The molecule has 0 aliphatic heterocycles. The van der Waals surface area contributed by atoms with E-state index in [4.69, 9.17) is 4.74 Å². The van der Waals surface area contributed by atoms with Crippen molar-refractivity contribution in [2.45, 2.75) is 45.6 Å². The van der Waals surface area contributed by atoms with E-state index < -0.39 is 0 Å². The molecule has 1 heterocycles. The Hall–Kier alpha value is -1.16. The number of nitrogens with zero attached hydrogens (tertiary/aromatic N) is 2. The summed E-state index contributed by atoms with van der Waals surface area (Å²) in [6, 6.07) is 1.84. The summed E-state index contributed by atoms with van der Waals surface area (Å²) in [7, 11) is 1.66. The molecule has 1 aliphatic carbocycles. The second-order valence-corrected chi connectivity index (χ2v) is 5.43. The van der Waals surface area contributed by atoms with Crippen LogP contribution in [0, 0.1) is 11.8 Å². The standard InChI is InChI=1S/C15H24N2O2/c1-3-12-5-4-6-13(11-12)15(18)14-7-8-16-17(14)9-10-19-2/h7-8,12-13H,3-6,9-11H2,1-2H3. The van der Waals surface area contributed by atoms with Crippen LogP contribution in [-0.2, 0) is 11.3 Å². The molecule has 1 aromatic rings. The topological polar surface area (TPSA) is 44.1 Å². The van der Waals surface area contributed by atoms with Gasteiger partial charge in [-0.05, 0) is 24.8 Å². The van der Waals surface area contributed by atoms with Crippen LogP contribution in [0.1, 0.15) is 49.5 Å². The Morgan fingerprint density at radius 1 is 1.53 bits per heavy atom. The van der Waals surface area contributed by atoms with Gasteiger partial charge < -0.3 is 4.74 Å². The van der Waals surface area contributed by atoms with Gasteiger partial charge in [0.25, 0.3) is 0 Å². The van der Waals surface area contributed by atoms with Gasteiger partial charge in [-0.2, -0.15) is 5.10 Å². The molecule has 1 aliphatic rings. The fourth-order valence-corrected chi connectivity index (χ4v) is 3.01. The smallest absolute Gasteiger partial charge is 0.183 e. The summed E-state index contributed by atoms with van der Waals surface area (Å²) < 4.78 is 6.84. The third-order valence-electron chi connectivity index (χ3n) is 4.21. The maximum Gasteiger partial charge on any atom is 0.183 e. The summed E-state index contributed by atoms with van der Waals surface area (Å²) in [4.78, 5) is 12.6. The van der Waals surface area contributed by atoms with Crippen LogP contribution in [0.2, 0.25) is 0 Å². The molecule has 1 aromatic heterocycles. The second-order valence-electron chi connectivity index (χ2n) is 5.43. The van der Waals surface area contributed by atoms with Gasteiger partial charge in [0.1, 0.15) is 5.69 Å². The monoisotopic (exact) mass is 264 g/mol. The van der Waals surface area contributed by atoms with E-state index in [0.717, 1.165) is 24.5 Å². The summed E-state index contributed by atoms with van der Waals surface area (Å²) in [6.07, 6.45) is 7.44. The zero-order valence-electron chi connectivity index (χ0n) is 12.0. The summed E-state index contributed by atoms with van der Waals surface area (Å²) >= 11 is 0. The fourth-order valence-electron chi connectivity index (χ4n) is 3.01. The highest BCUT2D eigenvalue weighted by molar-refractivity contribution is 5.96. The van der Waals surface area contributed by atoms with Crippen LogP contribution in [0.5, 0.6) is 0 Å². The molecular weight excluding hydrogens is 240 g/mol. The van der Waals surface area contributed by atoms with Gasteiger partial charge in [-0.15, -0.1) is 0 Å². The van der Waals surface area contributed by atoms with Crippen LogP contribution in [-0.4, -0.2) is 29.3 Å². The first-order chi connectivity index (χ1) is 9.26. The molecule has 2 rings (SSSR count). The predicted molar refractivity (Wildman–Crippen MR) is 74.2 cm³/mol. The number of Topliss-reactive ketones (excluding diaryl/α,β-unsaturated/α-hetero) is 1. The lowest BCUT2D eigenvalue weighted by Crippen LogP contribution is -2.25. The van der Waals surface area contributed by atoms with Gasteiger partial charge in [-0.25, -0.2) is 0 Å². The second kappa shape index (κ2) is 6.85. The lowest BCUT2D eigenvalue weighted by molar-refractivity contribution is 0.0847. The van der Waals surface area contributed by atoms with E-state index in [1.807, 2.05) is 6.07 Å². The molecule has 0 amide bonds. The summed E-state index contributed by atoms with van der Waals surface area (Å²) in [6.45, 7) is 3.46. The Morgan fingerprint density at radius 2 is 2.37 bits per heavy atom. The number of methoxy groups -OCH3 is 1. The molecule has 2 atom stereocenters. The largest absolute Gasteiger partial charge is 0.383 e. The Labute approximate surface area is 115 Å². The molecule has 0 N–H and O–H groups in total. The van der Waals surface area contributed by atoms with Gasteiger partial charge in [0.15, 0.2) is 5.78 Å². The van der Waals surface area contributed by atoms with E-state index in [1.165, 1.54) is 19.3 Å². The van der Waals surface area contributed by atoms with Crippen molar-refractivity contribution < 1.29 is 9.53 Å². The molecule has 4 nitrogen and oxygen atoms in total. The van der Waals surface area contributed by atoms with Gasteiger partial charge in [0.05, 0.1) is 13.2 Å². The minimum absolute atomic E-state index is 0.191. The van der Waals surface area contributed by atoms with Crippen molar-refractivity contribution in [2.75, 3.05) is 13.7 Å². The lowest BCUT2D eigenvalue weighted by atomic mass is 9.78. The maximum atomic E-state index is 12.6. The number of rotatable bonds is 6. The average molecular weight is 264 g/mol. The van der Waals surface area contributed by atoms with Gasteiger partial charge in [0.2, 0.25) is 0 Å². The number of ketones is 1. The molecule has 19 heavy (non-hydrogen) atoms. The lowest BCUT2D eigenvalue weighted by Gasteiger charge is -2.27. The molecule has 0 saturated heterocycles. The minimum Gasteiger partial charge on any atom is -0.383 e. The zero-order valence-corrected chi connectivity index (χ0v) is 12.0. The first kappa shape index (κ1) is 14.3. The number of hydrogen-bond donors (Lipinski definition) is 0. The van der Waals surface area contributed by atoms with E-state index in [-0.39, 0.29) is 11.7 Å². The van der Waals surface area contributed by atoms with E-state index in [0.29, 0.717) is 13.2 Å². The van der Waals surface area contributed by atoms with Crippen LogP contribution in [0.3, 0.4) is 0 Å². The zero-order chi connectivity index (χ0) is 13.7. The summed E-state index contributed by atoms with van der Waals surface area (Å²) in [5.41, 5.74) is 0.749. The molecule has 106 valence electrons. The summed E-state index contributed by atoms with van der Waals surface area (Å²) in [5, 5.41) is 4.22.